The van der Waals surface area contributed by atoms with Crippen molar-refractivity contribution >= 4 is 0 Å². The molecule has 0 saturated heterocycles. The fraction of sp³-hybridized carbons (Fsp3) is 0.316. The number of rotatable bonds is 4. The van der Waals surface area contributed by atoms with E-state index in [-0.39, 0.29) is 5.75 Å². The van der Waals surface area contributed by atoms with Gasteiger partial charge in [-0.1, -0.05) is 6.42 Å². The van der Waals surface area contributed by atoms with Crippen LogP contribution in [0, 0.1) is 0 Å². The van der Waals surface area contributed by atoms with Crippen LogP contribution in [0.1, 0.15) is 25.7 Å². The predicted molar refractivity (Wildman–Crippen MR) is 94.0 cm³/mol. The highest BCUT2D eigenvalue weighted by atomic mass is 19.1. The number of nitrogens with zero attached hydrogens (tertiary/aromatic N) is 4. The van der Waals surface area contributed by atoms with Crippen molar-refractivity contribution < 1.29 is 14.2 Å². The van der Waals surface area contributed by atoms with Gasteiger partial charge in [-0.05, 0) is 37.5 Å². The molecule has 6 nitrogen and oxygen atoms in total. The van der Waals surface area contributed by atoms with Crippen molar-refractivity contribution in [3.05, 3.63) is 49.1 Å². The molecule has 0 spiro atoms. The van der Waals surface area contributed by atoms with E-state index in [0.717, 1.165) is 18.5 Å². The van der Waals surface area contributed by atoms with Crippen molar-refractivity contribution in [1.82, 2.24) is 19.7 Å². The van der Waals surface area contributed by atoms with Gasteiger partial charge in [0.15, 0.2) is 0 Å². The highest BCUT2D eigenvalue weighted by Gasteiger charge is 2.26. The second-order valence-electron chi connectivity index (χ2n) is 6.38. The van der Waals surface area contributed by atoms with E-state index in [4.69, 9.17) is 4.74 Å². The number of aromatic nitrogens is 4. The van der Waals surface area contributed by atoms with Crippen LogP contribution in [-0.4, -0.2) is 37.1 Å². The van der Waals surface area contributed by atoms with E-state index in [1.807, 2.05) is 6.07 Å². The van der Waals surface area contributed by atoms with Gasteiger partial charge in [-0.2, -0.15) is 0 Å². The average molecular weight is 354 g/mol. The molecule has 1 saturated carbocycles. The van der Waals surface area contributed by atoms with E-state index < -0.39 is 12.3 Å². The Morgan fingerprint density at radius 1 is 1.12 bits per heavy atom. The van der Waals surface area contributed by atoms with Crippen LogP contribution in [0.25, 0.3) is 16.9 Å². The van der Waals surface area contributed by atoms with Gasteiger partial charge in [0.2, 0.25) is 5.88 Å². The number of phenols is 1. The van der Waals surface area contributed by atoms with Gasteiger partial charge in [-0.25, -0.2) is 9.37 Å². The fourth-order valence-electron chi connectivity index (χ4n) is 3.18. The third kappa shape index (κ3) is 3.37. The number of halogens is 1. The zero-order chi connectivity index (χ0) is 17.9. The van der Waals surface area contributed by atoms with Gasteiger partial charge < -0.3 is 14.4 Å². The van der Waals surface area contributed by atoms with E-state index in [1.54, 1.807) is 47.6 Å². The van der Waals surface area contributed by atoms with Gasteiger partial charge in [-0.3, -0.25) is 0 Å². The van der Waals surface area contributed by atoms with Crippen molar-refractivity contribution in [2.24, 2.45) is 0 Å². The number of imidazole rings is 1. The first-order chi connectivity index (χ1) is 12.7. The number of alkyl halides is 1. The summed E-state index contributed by atoms with van der Waals surface area (Å²) in [5.74, 6) is 0.396. The summed E-state index contributed by atoms with van der Waals surface area (Å²) < 4.78 is 21.3. The Labute approximate surface area is 150 Å². The SMILES string of the molecule is Oc1cc(-n2ccnc2)ccc1-c1ccc(O[C@H]2CCCC[C@H]2F)nn1. The van der Waals surface area contributed by atoms with Crippen LogP contribution in [0.5, 0.6) is 11.6 Å². The number of ether oxygens (including phenoxy) is 1. The van der Waals surface area contributed by atoms with Crippen molar-refractivity contribution in [1.29, 1.82) is 0 Å². The molecule has 0 bridgehead atoms. The van der Waals surface area contributed by atoms with E-state index in [0.29, 0.717) is 30.0 Å². The predicted octanol–water partition coefficient (Wildman–Crippen LogP) is 3.69. The molecule has 3 aromatic rings. The summed E-state index contributed by atoms with van der Waals surface area (Å²) >= 11 is 0. The van der Waals surface area contributed by atoms with Crippen LogP contribution in [-0.2, 0) is 0 Å². The highest BCUT2D eigenvalue weighted by molar-refractivity contribution is 5.68. The molecule has 7 heteroatoms. The lowest BCUT2D eigenvalue weighted by Gasteiger charge is -2.25. The standard InChI is InChI=1S/C19H19FN4O2/c20-15-3-1-2-4-18(15)26-19-8-7-16(22-23-19)14-6-5-13(11-17(14)25)24-10-9-21-12-24/h5-12,15,18,25H,1-4H2/t15-,18+/m1/s1. The maximum absolute atomic E-state index is 13.9. The molecule has 0 amide bonds. The third-order valence-corrected chi connectivity index (χ3v) is 4.59. The maximum Gasteiger partial charge on any atom is 0.233 e. The summed E-state index contributed by atoms with van der Waals surface area (Å²) in [6, 6.07) is 8.64. The van der Waals surface area contributed by atoms with Crippen LogP contribution in [0.4, 0.5) is 4.39 Å². The van der Waals surface area contributed by atoms with E-state index in [1.165, 1.54) is 0 Å². The fourth-order valence-corrected chi connectivity index (χ4v) is 3.18. The Bertz CT molecular complexity index is 868. The Morgan fingerprint density at radius 3 is 2.69 bits per heavy atom. The zero-order valence-corrected chi connectivity index (χ0v) is 14.1. The second-order valence-corrected chi connectivity index (χ2v) is 6.38. The lowest BCUT2D eigenvalue weighted by Crippen LogP contribution is -2.32. The number of aromatic hydroxyl groups is 1. The zero-order valence-electron chi connectivity index (χ0n) is 14.1. The minimum Gasteiger partial charge on any atom is -0.507 e. The lowest BCUT2D eigenvalue weighted by atomic mass is 9.96. The summed E-state index contributed by atoms with van der Waals surface area (Å²) in [7, 11) is 0. The molecule has 134 valence electrons. The maximum atomic E-state index is 13.9. The third-order valence-electron chi connectivity index (χ3n) is 4.59. The number of hydrogen-bond acceptors (Lipinski definition) is 5. The van der Waals surface area contributed by atoms with Crippen LogP contribution in [0.2, 0.25) is 0 Å². The van der Waals surface area contributed by atoms with Crippen molar-refractivity contribution in [2.45, 2.75) is 38.0 Å². The van der Waals surface area contributed by atoms with Crippen LogP contribution < -0.4 is 4.74 Å². The van der Waals surface area contributed by atoms with Crippen molar-refractivity contribution in [3.8, 4) is 28.6 Å². The molecule has 2 atom stereocenters. The minimum atomic E-state index is -0.954. The van der Waals surface area contributed by atoms with Crippen molar-refractivity contribution in [3.63, 3.8) is 0 Å². The lowest BCUT2D eigenvalue weighted by molar-refractivity contribution is 0.0594. The summed E-state index contributed by atoms with van der Waals surface area (Å²) in [6.45, 7) is 0. The van der Waals surface area contributed by atoms with Gasteiger partial charge in [0, 0.05) is 30.1 Å². The molecule has 0 unspecified atom stereocenters. The molecular formula is C19H19FN4O2. The first-order valence-corrected chi connectivity index (χ1v) is 8.67. The summed E-state index contributed by atoms with van der Waals surface area (Å²) in [6.07, 6.45) is 6.82. The smallest absolute Gasteiger partial charge is 0.233 e. The Balaban J connectivity index is 1.51. The molecule has 1 fully saturated rings. The minimum absolute atomic E-state index is 0.0928. The summed E-state index contributed by atoms with van der Waals surface area (Å²) in [5, 5.41) is 18.5. The van der Waals surface area contributed by atoms with E-state index in [9.17, 15) is 9.50 Å². The summed E-state index contributed by atoms with van der Waals surface area (Å²) in [5.41, 5.74) is 1.88. The quantitative estimate of drug-likeness (QED) is 0.773. The van der Waals surface area contributed by atoms with Gasteiger partial charge in [-0.15, -0.1) is 10.2 Å². The van der Waals surface area contributed by atoms with Gasteiger partial charge >= 0.3 is 0 Å². The molecule has 26 heavy (non-hydrogen) atoms. The normalized spacial score (nSPS) is 20.0. The van der Waals surface area contributed by atoms with E-state index >= 15 is 0 Å². The van der Waals surface area contributed by atoms with Crippen molar-refractivity contribution in [2.75, 3.05) is 0 Å². The summed E-state index contributed by atoms with van der Waals surface area (Å²) in [4.78, 5) is 3.99. The molecule has 0 aliphatic heterocycles. The number of benzene rings is 1. The molecule has 1 aliphatic rings. The number of hydrogen-bond donors (Lipinski definition) is 1. The molecular weight excluding hydrogens is 335 g/mol. The number of phenolic OH excluding ortho intramolecular Hbond substituents is 1. The molecule has 1 aromatic carbocycles. The van der Waals surface area contributed by atoms with Crippen LogP contribution >= 0.6 is 0 Å². The first-order valence-electron chi connectivity index (χ1n) is 8.67. The molecule has 1 aliphatic carbocycles. The molecule has 2 heterocycles. The first kappa shape index (κ1) is 16.5. The largest absolute Gasteiger partial charge is 0.507 e. The Hall–Kier alpha value is -2.96. The Morgan fingerprint density at radius 2 is 2.00 bits per heavy atom. The Kier molecular flexibility index (Phi) is 4.51. The van der Waals surface area contributed by atoms with E-state index in [2.05, 4.69) is 15.2 Å². The van der Waals surface area contributed by atoms with Gasteiger partial charge in [0.1, 0.15) is 18.0 Å². The van der Waals surface area contributed by atoms with Gasteiger partial charge in [0.05, 0.1) is 17.7 Å². The highest BCUT2D eigenvalue weighted by Crippen LogP contribution is 2.30. The molecule has 0 radical (unpaired) electrons. The second kappa shape index (κ2) is 7.11. The molecule has 4 rings (SSSR count). The van der Waals surface area contributed by atoms with Crippen LogP contribution in [0.15, 0.2) is 49.1 Å². The topological polar surface area (TPSA) is 73.1 Å². The molecule has 2 aromatic heterocycles. The average Bonchev–Trinajstić information content (AvgIpc) is 3.19. The monoisotopic (exact) mass is 354 g/mol. The van der Waals surface area contributed by atoms with Crippen LogP contribution in [0.3, 0.4) is 0 Å². The molecule has 1 N–H and O–H groups in total. The van der Waals surface area contributed by atoms with Gasteiger partial charge in [0.25, 0.3) is 0 Å².